The zero-order chi connectivity index (χ0) is 12.3. The lowest BCUT2D eigenvalue weighted by Crippen LogP contribution is -2.26. The monoisotopic (exact) mass is 258 g/mol. The molecule has 1 aliphatic heterocycles. The largest absolute Gasteiger partial charge is 0.317 e. The van der Waals surface area contributed by atoms with Gasteiger partial charge in [0.15, 0.2) is 0 Å². The third kappa shape index (κ3) is 7.32. The van der Waals surface area contributed by atoms with E-state index in [0.717, 1.165) is 12.5 Å². The summed E-state index contributed by atoms with van der Waals surface area (Å²) in [5.41, 5.74) is 0. The second-order valence-electron chi connectivity index (χ2n) is 5.17. The molecule has 0 saturated carbocycles. The number of rotatable bonds is 10. The number of hydrogen-bond donors (Lipinski definition) is 1. The fourth-order valence-corrected chi connectivity index (χ4v) is 3.06. The van der Waals surface area contributed by atoms with Crippen molar-refractivity contribution in [1.82, 2.24) is 10.2 Å². The van der Waals surface area contributed by atoms with Crippen molar-refractivity contribution in [3.8, 4) is 0 Å². The van der Waals surface area contributed by atoms with Crippen molar-refractivity contribution < 1.29 is 0 Å². The van der Waals surface area contributed by atoms with E-state index in [1.165, 1.54) is 64.0 Å². The Balaban J connectivity index is 1.91. The van der Waals surface area contributed by atoms with E-state index in [0.29, 0.717) is 0 Å². The SMILES string of the molecule is CCNCC1CCN(CCCCCCSC)C1. The van der Waals surface area contributed by atoms with Crippen molar-refractivity contribution in [2.75, 3.05) is 44.7 Å². The first kappa shape index (κ1) is 15.3. The van der Waals surface area contributed by atoms with Crippen LogP contribution >= 0.6 is 11.8 Å². The zero-order valence-corrected chi connectivity index (χ0v) is 12.5. The molecule has 1 saturated heterocycles. The maximum absolute atomic E-state index is 3.47. The Kier molecular flexibility index (Phi) is 9.21. The second kappa shape index (κ2) is 10.2. The summed E-state index contributed by atoms with van der Waals surface area (Å²) in [4.78, 5) is 2.66. The Morgan fingerprint density at radius 1 is 1.24 bits per heavy atom. The van der Waals surface area contributed by atoms with Gasteiger partial charge in [0.05, 0.1) is 0 Å². The van der Waals surface area contributed by atoms with E-state index in [4.69, 9.17) is 0 Å². The molecule has 2 nitrogen and oxygen atoms in total. The van der Waals surface area contributed by atoms with Gasteiger partial charge in [-0.15, -0.1) is 0 Å². The molecule has 0 aromatic rings. The van der Waals surface area contributed by atoms with Gasteiger partial charge in [0.2, 0.25) is 0 Å². The first-order valence-corrected chi connectivity index (χ1v) is 8.68. The highest BCUT2D eigenvalue weighted by Gasteiger charge is 2.20. The van der Waals surface area contributed by atoms with Crippen LogP contribution in [0.15, 0.2) is 0 Å². The molecule has 0 aromatic carbocycles. The van der Waals surface area contributed by atoms with E-state index in [2.05, 4.69) is 23.4 Å². The molecule has 1 fully saturated rings. The number of nitrogens with zero attached hydrogens (tertiary/aromatic N) is 1. The number of likely N-dealkylation sites (tertiary alicyclic amines) is 1. The molecule has 1 atom stereocenters. The molecule has 1 N–H and O–H groups in total. The van der Waals surface area contributed by atoms with Gasteiger partial charge in [0, 0.05) is 6.54 Å². The van der Waals surface area contributed by atoms with E-state index in [-0.39, 0.29) is 0 Å². The van der Waals surface area contributed by atoms with E-state index < -0.39 is 0 Å². The molecule has 102 valence electrons. The highest BCUT2D eigenvalue weighted by Crippen LogP contribution is 2.16. The molecule has 1 unspecified atom stereocenters. The van der Waals surface area contributed by atoms with Crippen molar-refractivity contribution in [3.63, 3.8) is 0 Å². The summed E-state index contributed by atoms with van der Waals surface area (Å²) in [5.74, 6) is 2.25. The second-order valence-corrected chi connectivity index (χ2v) is 6.16. The molecule has 17 heavy (non-hydrogen) atoms. The number of hydrogen-bond acceptors (Lipinski definition) is 3. The Hall–Kier alpha value is 0.270. The molecule has 0 aromatic heterocycles. The Bertz CT molecular complexity index is 176. The molecule has 3 heteroatoms. The minimum atomic E-state index is 0.909. The predicted molar refractivity (Wildman–Crippen MR) is 79.9 cm³/mol. The molecular weight excluding hydrogens is 228 g/mol. The molecule has 0 amide bonds. The first-order valence-electron chi connectivity index (χ1n) is 7.28. The molecule has 0 spiro atoms. The van der Waals surface area contributed by atoms with Crippen LogP contribution in [0, 0.1) is 5.92 Å². The van der Waals surface area contributed by atoms with Crippen LogP contribution in [0.2, 0.25) is 0 Å². The molecule has 0 bridgehead atoms. The normalized spacial score (nSPS) is 21.2. The van der Waals surface area contributed by atoms with E-state index in [1.54, 1.807) is 0 Å². The van der Waals surface area contributed by atoms with Crippen LogP contribution in [0.1, 0.15) is 39.0 Å². The van der Waals surface area contributed by atoms with Crippen LogP contribution in [-0.2, 0) is 0 Å². The molecule has 0 radical (unpaired) electrons. The van der Waals surface area contributed by atoms with Gasteiger partial charge < -0.3 is 10.2 Å². The lowest BCUT2D eigenvalue weighted by atomic mass is 10.1. The van der Waals surface area contributed by atoms with Crippen LogP contribution < -0.4 is 5.32 Å². The van der Waals surface area contributed by atoms with Gasteiger partial charge in [-0.25, -0.2) is 0 Å². The average Bonchev–Trinajstić information content (AvgIpc) is 2.79. The fraction of sp³-hybridized carbons (Fsp3) is 1.00. The van der Waals surface area contributed by atoms with Crippen LogP contribution in [0.4, 0.5) is 0 Å². The standard InChI is InChI=1S/C14H30N2S/c1-3-15-12-14-8-10-16(13-14)9-6-4-5-7-11-17-2/h14-15H,3-13H2,1-2H3. The number of nitrogens with one attached hydrogen (secondary N) is 1. The molecular formula is C14H30N2S. The first-order chi connectivity index (χ1) is 8.36. The van der Waals surface area contributed by atoms with Gasteiger partial charge in [-0.05, 0) is 63.4 Å². The lowest BCUT2D eigenvalue weighted by Gasteiger charge is -2.15. The third-order valence-corrected chi connectivity index (χ3v) is 4.32. The average molecular weight is 258 g/mol. The van der Waals surface area contributed by atoms with Gasteiger partial charge in [0.25, 0.3) is 0 Å². The van der Waals surface area contributed by atoms with Gasteiger partial charge in [-0.3, -0.25) is 0 Å². The van der Waals surface area contributed by atoms with E-state index in [1.807, 2.05) is 11.8 Å². The van der Waals surface area contributed by atoms with E-state index in [9.17, 15) is 0 Å². The molecule has 1 rings (SSSR count). The molecule has 0 aliphatic carbocycles. The van der Waals surface area contributed by atoms with Gasteiger partial charge in [-0.2, -0.15) is 11.8 Å². The van der Waals surface area contributed by atoms with Crippen molar-refractivity contribution in [2.45, 2.75) is 39.0 Å². The van der Waals surface area contributed by atoms with Crippen molar-refractivity contribution in [3.05, 3.63) is 0 Å². The maximum atomic E-state index is 3.47. The summed E-state index contributed by atoms with van der Waals surface area (Å²) < 4.78 is 0. The lowest BCUT2D eigenvalue weighted by molar-refractivity contribution is 0.313. The molecule has 1 heterocycles. The maximum Gasteiger partial charge on any atom is 0.00223 e. The van der Waals surface area contributed by atoms with Crippen molar-refractivity contribution in [2.24, 2.45) is 5.92 Å². The fourth-order valence-electron chi connectivity index (χ4n) is 2.57. The Labute approximate surface area is 112 Å². The number of unbranched alkanes of at least 4 members (excludes halogenated alkanes) is 3. The summed E-state index contributed by atoms with van der Waals surface area (Å²) in [6.07, 6.45) is 9.27. The smallest absolute Gasteiger partial charge is 0.00223 e. The summed E-state index contributed by atoms with van der Waals surface area (Å²) >= 11 is 1.98. The molecule has 1 aliphatic rings. The van der Waals surface area contributed by atoms with Gasteiger partial charge in [0.1, 0.15) is 0 Å². The highest BCUT2D eigenvalue weighted by atomic mass is 32.2. The Morgan fingerprint density at radius 3 is 2.82 bits per heavy atom. The minimum absolute atomic E-state index is 0.909. The van der Waals surface area contributed by atoms with Gasteiger partial charge >= 0.3 is 0 Å². The Morgan fingerprint density at radius 2 is 2.06 bits per heavy atom. The van der Waals surface area contributed by atoms with Crippen molar-refractivity contribution in [1.29, 1.82) is 0 Å². The minimum Gasteiger partial charge on any atom is -0.317 e. The van der Waals surface area contributed by atoms with Crippen LogP contribution in [0.3, 0.4) is 0 Å². The predicted octanol–water partition coefficient (Wildman–Crippen LogP) is 2.84. The van der Waals surface area contributed by atoms with Crippen LogP contribution in [0.5, 0.6) is 0 Å². The third-order valence-electron chi connectivity index (χ3n) is 3.63. The quantitative estimate of drug-likeness (QED) is 0.607. The summed E-state index contributed by atoms with van der Waals surface area (Å²) in [6.45, 7) is 8.54. The summed E-state index contributed by atoms with van der Waals surface area (Å²) in [5, 5.41) is 3.47. The van der Waals surface area contributed by atoms with E-state index >= 15 is 0 Å². The van der Waals surface area contributed by atoms with Crippen molar-refractivity contribution >= 4 is 11.8 Å². The van der Waals surface area contributed by atoms with Crippen LogP contribution in [-0.4, -0.2) is 49.6 Å². The topological polar surface area (TPSA) is 15.3 Å². The number of thioether (sulfide) groups is 1. The highest BCUT2D eigenvalue weighted by molar-refractivity contribution is 7.98. The van der Waals surface area contributed by atoms with Crippen LogP contribution in [0.25, 0.3) is 0 Å². The summed E-state index contributed by atoms with van der Waals surface area (Å²) in [6, 6.07) is 0. The van der Waals surface area contributed by atoms with Gasteiger partial charge in [-0.1, -0.05) is 19.8 Å². The zero-order valence-electron chi connectivity index (χ0n) is 11.7. The summed E-state index contributed by atoms with van der Waals surface area (Å²) in [7, 11) is 0.